The molecule has 1 amide bonds. The molecule has 0 aliphatic carbocycles. The summed E-state index contributed by atoms with van der Waals surface area (Å²) in [6.07, 6.45) is 1.60. The highest BCUT2D eigenvalue weighted by molar-refractivity contribution is 7.89. The molecule has 0 spiro atoms. The predicted molar refractivity (Wildman–Crippen MR) is 120 cm³/mol. The molecule has 2 aromatic rings. The number of sulfonamides is 1. The highest BCUT2D eigenvalue weighted by Gasteiger charge is 2.25. The standard InChI is InChI=1S/C22H29N3O5S/c1-24(2)31(27,28)21-15-16(5-10-20(21)30-4)22(26)23-17-11-13-25(14-12-17)18-6-8-19(29-3)9-7-18/h5-10,15,17H,11-14H2,1-4H3,(H,23,26). The first-order valence-electron chi connectivity index (χ1n) is 10.1. The minimum absolute atomic E-state index is 0.0259. The fourth-order valence-corrected chi connectivity index (χ4v) is 4.63. The zero-order chi connectivity index (χ0) is 22.6. The number of anilines is 1. The second kappa shape index (κ2) is 9.57. The lowest BCUT2D eigenvalue weighted by atomic mass is 10.0. The van der Waals surface area contributed by atoms with Crippen molar-refractivity contribution in [2.24, 2.45) is 0 Å². The van der Waals surface area contributed by atoms with Crippen molar-refractivity contribution in [1.29, 1.82) is 0 Å². The van der Waals surface area contributed by atoms with Gasteiger partial charge in [-0.25, -0.2) is 12.7 Å². The van der Waals surface area contributed by atoms with Crippen molar-refractivity contribution in [3.8, 4) is 11.5 Å². The second-order valence-electron chi connectivity index (χ2n) is 7.59. The van der Waals surface area contributed by atoms with Gasteiger partial charge in [0.2, 0.25) is 10.0 Å². The summed E-state index contributed by atoms with van der Waals surface area (Å²) >= 11 is 0. The highest BCUT2D eigenvalue weighted by atomic mass is 32.2. The number of hydrogen-bond donors (Lipinski definition) is 1. The van der Waals surface area contributed by atoms with Gasteiger partial charge in [-0.2, -0.15) is 0 Å². The maximum Gasteiger partial charge on any atom is 0.251 e. The minimum Gasteiger partial charge on any atom is -0.497 e. The average Bonchev–Trinajstić information content (AvgIpc) is 2.79. The Balaban J connectivity index is 1.66. The Kier molecular flexibility index (Phi) is 7.07. The van der Waals surface area contributed by atoms with E-state index in [1.54, 1.807) is 13.2 Å². The number of carbonyl (C=O) groups is 1. The van der Waals surface area contributed by atoms with Gasteiger partial charge in [0, 0.05) is 44.5 Å². The van der Waals surface area contributed by atoms with E-state index in [9.17, 15) is 13.2 Å². The third kappa shape index (κ3) is 5.11. The summed E-state index contributed by atoms with van der Waals surface area (Å²) in [4.78, 5) is 15.0. The number of methoxy groups -OCH3 is 2. The van der Waals surface area contributed by atoms with Gasteiger partial charge in [0.25, 0.3) is 5.91 Å². The van der Waals surface area contributed by atoms with Crippen LogP contribution in [0.2, 0.25) is 0 Å². The molecule has 3 rings (SSSR count). The summed E-state index contributed by atoms with van der Waals surface area (Å²) in [7, 11) is 2.19. The van der Waals surface area contributed by atoms with Crippen molar-refractivity contribution < 1.29 is 22.7 Å². The molecule has 1 aliphatic heterocycles. The largest absolute Gasteiger partial charge is 0.497 e. The van der Waals surface area contributed by atoms with Crippen LogP contribution in [0.3, 0.4) is 0 Å². The molecule has 2 aromatic carbocycles. The maximum atomic E-state index is 12.8. The number of ether oxygens (including phenoxy) is 2. The Morgan fingerprint density at radius 2 is 1.68 bits per heavy atom. The minimum atomic E-state index is -3.74. The molecular weight excluding hydrogens is 418 g/mol. The van der Waals surface area contributed by atoms with E-state index in [1.165, 1.54) is 33.3 Å². The van der Waals surface area contributed by atoms with Gasteiger partial charge in [0.15, 0.2) is 0 Å². The van der Waals surface area contributed by atoms with Gasteiger partial charge in [-0.15, -0.1) is 0 Å². The summed E-state index contributed by atoms with van der Waals surface area (Å²) in [6.45, 7) is 1.64. The van der Waals surface area contributed by atoms with E-state index >= 15 is 0 Å². The molecule has 1 saturated heterocycles. The fourth-order valence-electron chi connectivity index (χ4n) is 3.56. The average molecular weight is 448 g/mol. The van der Waals surface area contributed by atoms with Crippen LogP contribution in [-0.4, -0.2) is 66.1 Å². The van der Waals surface area contributed by atoms with Crippen molar-refractivity contribution in [2.75, 3.05) is 46.3 Å². The molecule has 9 heteroatoms. The Morgan fingerprint density at radius 3 is 2.23 bits per heavy atom. The molecule has 0 unspecified atom stereocenters. The molecule has 1 fully saturated rings. The fraction of sp³-hybridized carbons (Fsp3) is 0.409. The zero-order valence-electron chi connectivity index (χ0n) is 18.3. The number of rotatable bonds is 7. The van der Waals surface area contributed by atoms with Crippen LogP contribution in [-0.2, 0) is 10.0 Å². The Hall–Kier alpha value is -2.78. The third-order valence-electron chi connectivity index (χ3n) is 5.45. The van der Waals surface area contributed by atoms with Gasteiger partial charge in [-0.3, -0.25) is 4.79 Å². The summed E-state index contributed by atoms with van der Waals surface area (Å²) in [5, 5.41) is 3.04. The number of piperidine rings is 1. The molecule has 0 saturated carbocycles. The number of carbonyl (C=O) groups excluding carboxylic acids is 1. The molecule has 0 bridgehead atoms. The summed E-state index contributed by atoms with van der Waals surface area (Å²) in [6, 6.07) is 12.4. The Morgan fingerprint density at radius 1 is 1.03 bits per heavy atom. The predicted octanol–water partition coefficient (Wildman–Crippen LogP) is 2.35. The number of hydrogen-bond acceptors (Lipinski definition) is 6. The molecule has 0 aromatic heterocycles. The smallest absolute Gasteiger partial charge is 0.251 e. The van der Waals surface area contributed by atoms with Gasteiger partial charge in [0.05, 0.1) is 14.2 Å². The van der Waals surface area contributed by atoms with E-state index in [2.05, 4.69) is 10.2 Å². The molecule has 1 N–H and O–H groups in total. The molecule has 1 heterocycles. The van der Waals surface area contributed by atoms with Gasteiger partial charge in [-0.05, 0) is 55.3 Å². The number of amides is 1. The van der Waals surface area contributed by atoms with Gasteiger partial charge in [0.1, 0.15) is 16.4 Å². The molecule has 168 valence electrons. The quantitative estimate of drug-likeness (QED) is 0.701. The molecule has 0 atom stereocenters. The molecular formula is C22H29N3O5S. The molecule has 31 heavy (non-hydrogen) atoms. The lowest BCUT2D eigenvalue weighted by Gasteiger charge is -2.34. The third-order valence-corrected chi connectivity index (χ3v) is 7.29. The molecule has 0 radical (unpaired) electrons. The first-order chi connectivity index (χ1) is 14.8. The van der Waals surface area contributed by atoms with E-state index in [4.69, 9.17) is 9.47 Å². The van der Waals surface area contributed by atoms with Crippen LogP contribution < -0.4 is 19.7 Å². The zero-order valence-corrected chi connectivity index (χ0v) is 19.1. The van der Waals surface area contributed by atoms with Gasteiger partial charge >= 0.3 is 0 Å². The number of benzene rings is 2. The van der Waals surface area contributed by atoms with Crippen LogP contribution in [0.15, 0.2) is 47.4 Å². The Bertz CT molecular complexity index is 1010. The van der Waals surface area contributed by atoms with Crippen LogP contribution in [0, 0.1) is 0 Å². The van der Waals surface area contributed by atoms with E-state index in [0.29, 0.717) is 5.56 Å². The first-order valence-corrected chi connectivity index (χ1v) is 11.5. The summed E-state index contributed by atoms with van der Waals surface area (Å²) < 4.78 is 36.7. The van der Waals surface area contributed by atoms with E-state index in [0.717, 1.165) is 41.7 Å². The van der Waals surface area contributed by atoms with Crippen molar-refractivity contribution in [1.82, 2.24) is 9.62 Å². The normalized spacial score (nSPS) is 15.1. The van der Waals surface area contributed by atoms with E-state index < -0.39 is 10.0 Å². The van der Waals surface area contributed by atoms with Gasteiger partial charge in [-0.1, -0.05) is 0 Å². The number of nitrogens with zero attached hydrogens (tertiary/aromatic N) is 2. The summed E-state index contributed by atoms with van der Waals surface area (Å²) in [5.74, 6) is 0.736. The first kappa shape index (κ1) is 22.9. The van der Waals surface area contributed by atoms with E-state index in [-0.39, 0.29) is 22.6 Å². The molecule has 8 nitrogen and oxygen atoms in total. The van der Waals surface area contributed by atoms with E-state index in [1.807, 2.05) is 24.3 Å². The van der Waals surface area contributed by atoms with Crippen molar-refractivity contribution >= 4 is 21.6 Å². The maximum absolute atomic E-state index is 12.8. The van der Waals surface area contributed by atoms with Crippen molar-refractivity contribution in [3.63, 3.8) is 0 Å². The van der Waals surface area contributed by atoms with Crippen LogP contribution in [0.4, 0.5) is 5.69 Å². The van der Waals surface area contributed by atoms with Crippen LogP contribution in [0.5, 0.6) is 11.5 Å². The van der Waals surface area contributed by atoms with Crippen molar-refractivity contribution in [2.45, 2.75) is 23.8 Å². The lowest BCUT2D eigenvalue weighted by molar-refractivity contribution is 0.0931. The summed E-state index contributed by atoms with van der Waals surface area (Å²) in [5.41, 5.74) is 1.41. The van der Waals surface area contributed by atoms with Crippen LogP contribution in [0.25, 0.3) is 0 Å². The Labute approximate surface area is 183 Å². The SMILES string of the molecule is COc1ccc(N2CCC(NC(=O)c3ccc(OC)c(S(=O)(=O)N(C)C)c3)CC2)cc1. The second-order valence-corrected chi connectivity index (χ2v) is 9.71. The highest BCUT2D eigenvalue weighted by Crippen LogP contribution is 2.27. The monoisotopic (exact) mass is 447 g/mol. The molecule has 1 aliphatic rings. The van der Waals surface area contributed by atoms with Crippen LogP contribution in [0.1, 0.15) is 23.2 Å². The van der Waals surface area contributed by atoms with Gasteiger partial charge < -0.3 is 19.7 Å². The lowest BCUT2D eigenvalue weighted by Crippen LogP contribution is -2.44. The topological polar surface area (TPSA) is 88.2 Å². The number of nitrogens with one attached hydrogen (secondary N) is 1. The van der Waals surface area contributed by atoms with Crippen LogP contribution >= 0.6 is 0 Å². The van der Waals surface area contributed by atoms with Crippen molar-refractivity contribution in [3.05, 3.63) is 48.0 Å².